The Hall–Kier alpha value is -2.26. The highest BCUT2D eigenvalue weighted by molar-refractivity contribution is 7.63. The predicted molar refractivity (Wildman–Crippen MR) is 77.3 cm³/mol. The number of carbonyl (C=O) groups is 1. The molecule has 6 heteroatoms. The van der Waals surface area contributed by atoms with Crippen molar-refractivity contribution in [2.45, 2.75) is 6.92 Å². The van der Waals surface area contributed by atoms with E-state index in [1.807, 2.05) is 6.07 Å². The van der Waals surface area contributed by atoms with E-state index in [4.69, 9.17) is 13.8 Å². The Bertz CT molecular complexity index is 726. The Morgan fingerprint density at radius 3 is 2.52 bits per heavy atom. The number of hydrogen-bond donors (Lipinski definition) is 0. The molecule has 0 amide bonds. The maximum absolute atomic E-state index is 12.7. The third-order valence-electron chi connectivity index (χ3n) is 2.96. The third kappa shape index (κ3) is 2.52. The number of fused-ring (bicyclic) bond motifs is 1. The molecule has 0 saturated heterocycles. The molecule has 5 nitrogen and oxygen atoms in total. The summed E-state index contributed by atoms with van der Waals surface area (Å²) in [7, 11) is -3.42. The van der Waals surface area contributed by atoms with Crippen molar-refractivity contribution >= 4 is 18.9 Å². The summed E-state index contributed by atoms with van der Waals surface area (Å²) in [4.78, 5) is 11.7. The zero-order valence-electron chi connectivity index (χ0n) is 11.3. The molecule has 21 heavy (non-hydrogen) atoms. The van der Waals surface area contributed by atoms with Gasteiger partial charge in [0.25, 0.3) is 0 Å². The van der Waals surface area contributed by atoms with Gasteiger partial charge in [0.05, 0.1) is 17.5 Å². The van der Waals surface area contributed by atoms with Crippen LogP contribution in [0, 0.1) is 0 Å². The van der Waals surface area contributed by atoms with Crippen LogP contribution in [0.15, 0.2) is 48.5 Å². The van der Waals surface area contributed by atoms with Crippen molar-refractivity contribution in [2.24, 2.45) is 0 Å². The lowest BCUT2D eigenvalue weighted by molar-refractivity contribution is 0.0526. The van der Waals surface area contributed by atoms with E-state index in [-0.39, 0.29) is 12.4 Å². The highest BCUT2D eigenvalue weighted by atomic mass is 31.2. The molecule has 0 saturated carbocycles. The molecule has 0 fully saturated rings. The van der Waals surface area contributed by atoms with E-state index < -0.39 is 13.6 Å². The molecule has 108 valence electrons. The monoisotopic (exact) mass is 304 g/mol. The number of hydrogen-bond acceptors (Lipinski definition) is 5. The lowest BCUT2D eigenvalue weighted by Crippen LogP contribution is -2.09. The smallest absolute Gasteiger partial charge is 0.462 e. The maximum atomic E-state index is 12.7. The molecular formula is C15H13O5P. The van der Waals surface area contributed by atoms with Gasteiger partial charge < -0.3 is 13.8 Å². The minimum atomic E-state index is -3.42. The molecule has 1 heterocycles. The predicted octanol–water partition coefficient (Wildman–Crippen LogP) is 3.15. The van der Waals surface area contributed by atoms with E-state index in [2.05, 4.69) is 0 Å². The first kappa shape index (κ1) is 13.7. The zero-order valence-corrected chi connectivity index (χ0v) is 12.2. The van der Waals surface area contributed by atoms with Gasteiger partial charge in [-0.15, -0.1) is 0 Å². The Balaban J connectivity index is 1.91. The topological polar surface area (TPSA) is 61.8 Å². The van der Waals surface area contributed by atoms with Crippen LogP contribution in [0.5, 0.6) is 11.5 Å². The average molecular weight is 304 g/mol. The quantitative estimate of drug-likeness (QED) is 0.644. The van der Waals surface area contributed by atoms with Gasteiger partial charge >= 0.3 is 13.6 Å². The van der Waals surface area contributed by atoms with Gasteiger partial charge in [-0.25, -0.2) is 9.36 Å². The molecule has 2 aromatic rings. The highest BCUT2D eigenvalue weighted by Crippen LogP contribution is 2.57. The second kappa shape index (κ2) is 5.26. The summed E-state index contributed by atoms with van der Waals surface area (Å²) in [5.41, 5.74) is 0.334. The van der Waals surface area contributed by atoms with Crippen molar-refractivity contribution in [3.8, 4) is 11.5 Å². The molecule has 0 aliphatic carbocycles. The molecule has 1 aliphatic rings. The van der Waals surface area contributed by atoms with Crippen molar-refractivity contribution in [3.05, 3.63) is 54.1 Å². The number of rotatable bonds is 3. The molecule has 0 radical (unpaired) electrons. The van der Waals surface area contributed by atoms with Crippen molar-refractivity contribution < 1.29 is 23.1 Å². The summed E-state index contributed by atoms with van der Waals surface area (Å²) >= 11 is 0. The number of esters is 1. The largest absolute Gasteiger partial charge is 0.463 e. The third-order valence-corrected chi connectivity index (χ3v) is 4.77. The van der Waals surface area contributed by atoms with E-state index in [1.54, 1.807) is 43.3 Å². The van der Waals surface area contributed by atoms with Gasteiger partial charge in [0.15, 0.2) is 11.5 Å². The van der Waals surface area contributed by atoms with E-state index in [0.29, 0.717) is 16.6 Å². The van der Waals surface area contributed by atoms with Crippen LogP contribution in [-0.2, 0) is 9.30 Å². The van der Waals surface area contributed by atoms with E-state index >= 15 is 0 Å². The number of benzene rings is 2. The van der Waals surface area contributed by atoms with Crippen LogP contribution in [-0.4, -0.2) is 12.6 Å². The summed E-state index contributed by atoms with van der Waals surface area (Å²) in [5, 5.41) is 0.471. The van der Waals surface area contributed by atoms with Crippen molar-refractivity contribution in [2.75, 3.05) is 6.61 Å². The molecule has 3 rings (SSSR count). The van der Waals surface area contributed by atoms with Crippen LogP contribution < -0.4 is 14.4 Å². The second-order valence-corrected chi connectivity index (χ2v) is 6.27. The minimum absolute atomic E-state index is 0.285. The standard InChI is InChI=1S/C15H13O5P/c1-2-18-15(16)11-8-9-13-14(10-11)20-21(17,19-13)12-6-4-3-5-7-12/h3-10H,2H2,1H3. The maximum Gasteiger partial charge on any atom is 0.463 e. The number of ether oxygens (including phenoxy) is 1. The lowest BCUT2D eigenvalue weighted by atomic mass is 10.2. The van der Waals surface area contributed by atoms with Gasteiger partial charge in [0.2, 0.25) is 0 Å². The van der Waals surface area contributed by atoms with Gasteiger partial charge in [-0.2, -0.15) is 0 Å². The second-order valence-electron chi connectivity index (χ2n) is 4.40. The molecule has 1 aliphatic heterocycles. The Labute approximate surface area is 122 Å². The summed E-state index contributed by atoms with van der Waals surface area (Å²) in [6.45, 7) is 2.02. The molecule has 1 atom stereocenters. The summed E-state index contributed by atoms with van der Waals surface area (Å²) in [6, 6.07) is 13.3. The van der Waals surface area contributed by atoms with Crippen molar-refractivity contribution in [3.63, 3.8) is 0 Å². The Morgan fingerprint density at radius 2 is 1.81 bits per heavy atom. The Morgan fingerprint density at radius 1 is 1.10 bits per heavy atom. The van der Waals surface area contributed by atoms with Gasteiger partial charge in [-0.1, -0.05) is 18.2 Å². The van der Waals surface area contributed by atoms with Crippen molar-refractivity contribution in [1.29, 1.82) is 0 Å². The molecule has 0 N–H and O–H groups in total. The summed E-state index contributed by atoms with van der Waals surface area (Å²) < 4.78 is 28.6. The van der Waals surface area contributed by atoms with Gasteiger partial charge in [0, 0.05) is 0 Å². The van der Waals surface area contributed by atoms with Crippen LogP contribution in [0.25, 0.3) is 0 Å². The van der Waals surface area contributed by atoms with E-state index in [1.165, 1.54) is 6.07 Å². The summed E-state index contributed by atoms with van der Waals surface area (Å²) in [5.74, 6) is 0.188. The molecule has 2 aromatic carbocycles. The van der Waals surface area contributed by atoms with Gasteiger partial charge in [-0.05, 0) is 37.3 Å². The Kier molecular flexibility index (Phi) is 3.43. The van der Waals surface area contributed by atoms with Crippen LogP contribution >= 0.6 is 7.60 Å². The fraction of sp³-hybridized carbons (Fsp3) is 0.133. The molecule has 0 aromatic heterocycles. The first-order valence-electron chi connectivity index (χ1n) is 6.48. The van der Waals surface area contributed by atoms with Gasteiger partial charge in [0.1, 0.15) is 0 Å². The highest BCUT2D eigenvalue weighted by Gasteiger charge is 2.38. The van der Waals surface area contributed by atoms with Crippen LogP contribution in [0.2, 0.25) is 0 Å². The first-order chi connectivity index (χ1) is 10.1. The fourth-order valence-electron chi connectivity index (χ4n) is 1.99. The van der Waals surface area contributed by atoms with Crippen LogP contribution in [0.1, 0.15) is 17.3 Å². The SMILES string of the molecule is CCOC(=O)c1ccc2c(c1)OP(=O)(c1ccccc1)O2. The molecule has 1 unspecified atom stereocenters. The van der Waals surface area contributed by atoms with Crippen LogP contribution in [0.4, 0.5) is 0 Å². The van der Waals surface area contributed by atoms with Crippen LogP contribution in [0.3, 0.4) is 0 Å². The fourth-order valence-corrected chi connectivity index (χ4v) is 3.59. The zero-order chi connectivity index (χ0) is 14.9. The average Bonchev–Trinajstić information content (AvgIpc) is 2.85. The molecular weight excluding hydrogens is 291 g/mol. The lowest BCUT2D eigenvalue weighted by Gasteiger charge is -2.09. The molecule has 0 spiro atoms. The first-order valence-corrected chi connectivity index (χ1v) is 8.02. The normalized spacial score (nSPS) is 19.3. The van der Waals surface area contributed by atoms with E-state index in [0.717, 1.165) is 0 Å². The summed E-state index contributed by atoms with van der Waals surface area (Å²) in [6.07, 6.45) is 0. The minimum Gasteiger partial charge on any atom is -0.462 e. The van der Waals surface area contributed by atoms with Crippen molar-refractivity contribution in [1.82, 2.24) is 0 Å². The molecule has 0 bridgehead atoms. The van der Waals surface area contributed by atoms with E-state index in [9.17, 15) is 9.36 Å². The van der Waals surface area contributed by atoms with Gasteiger partial charge in [-0.3, -0.25) is 0 Å². The number of carbonyl (C=O) groups excluding carboxylic acids is 1.